The van der Waals surface area contributed by atoms with Gasteiger partial charge in [-0.3, -0.25) is 4.98 Å². The second-order valence-corrected chi connectivity index (χ2v) is 3.55. The van der Waals surface area contributed by atoms with Crippen LogP contribution in [0.5, 0.6) is 5.88 Å². The zero-order valence-electron chi connectivity index (χ0n) is 9.44. The molecule has 1 rings (SSSR count). The van der Waals surface area contributed by atoms with Crippen LogP contribution in [0.4, 0.5) is 14.6 Å². The third-order valence-corrected chi connectivity index (χ3v) is 2.10. The lowest BCUT2D eigenvalue weighted by molar-refractivity contribution is 0.155. The Hall–Kier alpha value is -1.17. The molecular formula is C10H14ClF2N3O. The second-order valence-electron chi connectivity index (χ2n) is 3.17. The highest BCUT2D eigenvalue weighted by atomic mass is 35.5. The zero-order chi connectivity index (χ0) is 12.7. The monoisotopic (exact) mass is 265 g/mol. The van der Waals surface area contributed by atoms with E-state index in [9.17, 15) is 8.78 Å². The molecule has 0 aromatic carbocycles. The van der Waals surface area contributed by atoms with Gasteiger partial charge in [-0.15, -0.1) is 11.6 Å². The number of hydrogen-bond donors (Lipinski definition) is 0. The van der Waals surface area contributed by atoms with Crippen molar-refractivity contribution in [2.24, 2.45) is 0 Å². The summed E-state index contributed by atoms with van der Waals surface area (Å²) in [5, 5.41) is 0. The Morgan fingerprint density at radius 3 is 2.82 bits per heavy atom. The van der Waals surface area contributed by atoms with Gasteiger partial charge in [0.05, 0.1) is 25.5 Å². The van der Waals surface area contributed by atoms with Gasteiger partial charge in [0, 0.05) is 12.4 Å². The number of aromatic nitrogens is 2. The molecule has 0 aliphatic heterocycles. The summed E-state index contributed by atoms with van der Waals surface area (Å²) >= 11 is 5.56. The molecule has 0 saturated heterocycles. The molecule has 4 nitrogen and oxygen atoms in total. The molecule has 0 bridgehead atoms. The van der Waals surface area contributed by atoms with Gasteiger partial charge in [-0.05, 0) is 6.92 Å². The number of alkyl halides is 3. The summed E-state index contributed by atoms with van der Waals surface area (Å²) in [6, 6.07) is 0. The van der Waals surface area contributed by atoms with Gasteiger partial charge in [-0.25, -0.2) is 8.78 Å². The topological polar surface area (TPSA) is 38.2 Å². The summed E-state index contributed by atoms with van der Waals surface area (Å²) in [4.78, 5) is 9.36. The van der Waals surface area contributed by atoms with Crippen molar-refractivity contribution in [3.63, 3.8) is 0 Å². The first kappa shape index (κ1) is 13.9. The first-order valence-corrected chi connectivity index (χ1v) is 5.74. The molecule has 1 aromatic heterocycles. The van der Waals surface area contributed by atoms with Crippen molar-refractivity contribution in [2.75, 3.05) is 30.5 Å². The molecule has 0 atom stereocenters. The predicted molar refractivity (Wildman–Crippen MR) is 62.1 cm³/mol. The first-order chi connectivity index (χ1) is 8.17. The lowest BCUT2D eigenvalue weighted by atomic mass is 10.4. The summed E-state index contributed by atoms with van der Waals surface area (Å²) in [6.45, 7) is 2.12. The minimum absolute atomic E-state index is 0.243. The fourth-order valence-electron chi connectivity index (χ4n) is 1.28. The van der Waals surface area contributed by atoms with E-state index in [1.165, 1.54) is 17.3 Å². The van der Waals surface area contributed by atoms with Crippen molar-refractivity contribution in [3.8, 4) is 5.88 Å². The number of nitrogens with zero attached hydrogens (tertiary/aromatic N) is 3. The maximum Gasteiger partial charge on any atom is 0.255 e. The Labute approximate surface area is 104 Å². The fourth-order valence-corrected chi connectivity index (χ4v) is 1.48. The maximum absolute atomic E-state index is 12.4. The van der Waals surface area contributed by atoms with Crippen molar-refractivity contribution in [1.82, 2.24) is 9.97 Å². The quantitative estimate of drug-likeness (QED) is 0.709. The summed E-state index contributed by atoms with van der Waals surface area (Å²) in [5.41, 5.74) is 0. The summed E-state index contributed by atoms with van der Waals surface area (Å²) in [7, 11) is 0. The Morgan fingerprint density at radius 1 is 1.47 bits per heavy atom. The Bertz CT molecular complexity index is 341. The van der Waals surface area contributed by atoms with E-state index in [0.29, 0.717) is 18.3 Å². The van der Waals surface area contributed by atoms with Crippen LogP contribution in [0.2, 0.25) is 0 Å². The highest BCUT2D eigenvalue weighted by molar-refractivity contribution is 6.18. The molecule has 0 amide bonds. The van der Waals surface area contributed by atoms with E-state index in [-0.39, 0.29) is 12.4 Å². The second kappa shape index (κ2) is 7.21. The standard InChI is InChI=1S/C10H14ClF2N3O/c1-2-17-10-6-14-5-9(15-10)16(4-3-11)7-8(12)13/h5-6,8H,2-4,7H2,1H3. The van der Waals surface area contributed by atoms with Crippen LogP contribution in [-0.2, 0) is 0 Å². The van der Waals surface area contributed by atoms with E-state index >= 15 is 0 Å². The van der Waals surface area contributed by atoms with Crippen LogP contribution in [-0.4, -0.2) is 42.0 Å². The van der Waals surface area contributed by atoms with Crippen molar-refractivity contribution in [3.05, 3.63) is 12.4 Å². The normalized spacial score (nSPS) is 10.6. The Balaban J connectivity index is 2.81. The molecule has 0 saturated carbocycles. The average Bonchev–Trinajstić information content (AvgIpc) is 2.29. The Kier molecular flexibility index (Phi) is 5.90. The molecule has 0 radical (unpaired) electrons. The van der Waals surface area contributed by atoms with E-state index in [2.05, 4.69) is 9.97 Å². The zero-order valence-corrected chi connectivity index (χ0v) is 10.2. The van der Waals surface area contributed by atoms with Gasteiger partial charge in [-0.1, -0.05) is 0 Å². The Morgan fingerprint density at radius 2 is 2.24 bits per heavy atom. The van der Waals surface area contributed by atoms with E-state index < -0.39 is 13.0 Å². The van der Waals surface area contributed by atoms with Crippen LogP contribution in [0.25, 0.3) is 0 Å². The number of anilines is 1. The predicted octanol–water partition coefficient (Wildman–Crippen LogP) is 2.19. The minimum Gasteiger partial charge on any atom is -0.477 e. The maximum atomic E-state index is 12.4. The van der Waals surface area contributed by atoms with Crippen molar-refractivity contribution < 1.29 is 13.5 Å². The van der Waals surface area contributed by atoms with Gasteiger partial charge < -0.3 is 9.64 Å². The SMILES string of the molecule is CCOc1cncc(N(CCCl)CC(F)F)n1. The van der Waals surface area contributed by atoms with Crippen LogP contribution in [0.1, 0.15) is 6.92 Å². The van der Waals surface area contributed by atoms with Crippen molar-refractivity contribution in [1.29, 1.82) is 0 Å². The van der Waals surface area contributed by atoms with Gasteiger partial charge in [0.15, 0.2) is 5.82 Å². The third-order valence-electron chi connectivity index (χ3n) is 1.93. The average molecular weight is 266 g/mol. The lowest BCUT2D eigenvalue weighted by Crippen LogP contribution is -2.31. The minimum atomic E-state index is -2.45. The molecule has 0 aliphatic rings. The number of hydrogen-bond acceptors (Lipinski definition) is 4. The summed E-state index contributed by atoms with van der Waals surface area (Å²) in [5.74, 6) is 0.906. The van der Waals surface area contributed by atoms with Crippen LogP contribution in [0, 0.1) is 0 Å². The molecule has 96 valence electrons. The first-order valence-electron chi connectivity index (χ1n) is 5.21. The lowest BCUT2D eigenvalue weighted by Gasteiger charge is -2.21. The summed E-state index contributed by atoms with van der Waals surface area (Å²) in [6.07, 6.45) is 0.405. The number of ether oxygens (including phenoxy) is 1. The van der Waals surface area contributed by atoms with Crippen LogP contribution in [0.3, 0.4) is 0 Å². The molecule has 1 aromatic rings. The highest BCUT2D eigenvalue weighted by Crippen LogP contribution is 2.15. The largest absolute Gasteiger partial charge is 0.477 e. The van der Waals surface area contributed by atoms with Crippen molar-refractivity contribution >= 4 is 17.4 Å². The van der Waals surface area contributed by atoms with Crippen LogP contribution in [0.15, 0.2) is 12.4 Å². The third kappa shape index (κ3) is 4.68. The molecular weight excluding hydrogens is 252 g/mol. The van der Waals surface area contributed by atoms with Gasteiger partial charge in [0.1, 0.15) is 0 Å². The molecule has 0 fully saturated rings. The van der Waals surface area contributed by atoms with E-state index in [0.717, 1.165) is 0 Å². The molecule has 0 N–H and O–H groups in total. The van der Waals surface area contributed by atoms with Crippen LogP contribution < -0.4 is 9.64 Å². The van der Waals surface area contributed by atoms with E-state index in [1.54, 1.807) is 0 Å². The molecule has 7 heteroatoms. The van der Waals surface area contributed by atoms with E-state index in [1.807, 2.05) is 6.92 Å². The van der Waals surface area contributed by atoms with Gasteiger partial charge in [-0.2, -0.15) is 4.98 Å². The smallest absolute Gasteiger partial charge is 0.255 e. The van der Waals surface area contributed by atoms with Crippen LogP contribution >= 0.6 is 11.6 Å². The molecule has 0 unspecified atom stereocenters. The number of rotatable bonds is 7. The summed E-state index contributed by atoms with van der Waals surface area (Å²) < 4.78 is 29.9. The van der Waals surface area contributed by atoms with Crippen molar-refractivity contribution in [2.45, 2.75) is 13.3 Å². The van der Waals surface area contributed by atoms with Gasteiger partial charge in [0.25, 0.3) is 6.43 Å². The molecule has 0 aliphatic carbocycles. The van der Waals surface area contributed by atoms with Gasteiger partial charge >= 0.3 is 0 Å². The van der Waals surface area contributed by atoms with E-state index in [4.69, 9.17) is 16.3 Å². The number of halogens is 3. The molecule has 17 heavy (non-hydrogen) atoms. The molecule has 1 heterocycles. The van der Waals surface area contributed by atoms with Gasteiger partial charge in [0.2, 0.25) is 5.88 Å². The fraction of sp³-hybridized carbons (Fsp3) is 0.600. The molecule has 0 spiro atoms. The highest BCUT2D eigenvalue weighted by Gasteiger charge is 2.14.